The van der Waals surface area contributed by atoms with Gasteiger partial charge in [0.25, 0.3) is 0 Å². The lowest BCUT2D eigenvalue weighted by molar-refractivity contribution is -0.122. The molecule has 1 aliphatic rings. The third-order valence-electron chi connectivity index (χ3n) is 3.82. The van der Waals surface area contributed by atoms with E-state index in [1.165, 1.54) is 0 Å². The van der Waals surface area contributed by atoms with E-state index in [0.29, 0.717) is 24.4 Å². The van der Waals surface area contributed by atoms with E-state index in [4.69, 9.17) is 4.74 Å². The Morgan fingerprint density at radius 3 is 2.84 bits per heavy atom. The highest BCUT2D eigenvalue weighted by molar-refractivity contribution is 5.94. The number of carbonyl (C=O) groups is 2. The monoisotopic (exact) mass is 340 g/mol. The van der Waals surface area contributed by atoms with Crippen LogP contribution in [0.5, 0.6) is 11.6 Å². The number of amides is 3. The largest absolute Gasteiger partial charge is 0.437 e. The third kappa shape index (κ3) is 4.69. The van der Waals surface area contributed by atoms with Crippen LogP contribution in [0.15, 0.2) is 48.7 Å². The van der Waals surface area contributed by atoms with Crippen LogP contribution in [0, 0.1) is 0 Å². The quantitative estimate of drug-likeness (QED) is 0.798. The number of pyridine rings is 1. The van der Waals surface area contributed by atoms with Crippen LogP contribution in [0.25, 0.3) is 0 Å². The zero-order valence-corrected chi connectivity index (χ0v) is 13.7. The van der Waals surface area contributed by atoms with E-state index in [1.54, 1.807) is 30.5 Å². The van der Waals surface area contributed by atoms with Crippen LogP contribution in [0.2, 0.25) is 0 Å². The highest BCUT2D eigenvalue weighted by Crippen LogP contribution is 2.26. The maximum Gasteiger partial charge on any atom is 0.320 e. The Labute approximate surface area is 145 Å². The second kappa shape index (κ2) is 8.14. The van der Waals surface area contributed by atoms with Gasteiger partial charge < -0.3 is 20.7 Å². The first-order valence-electron chi connectivity index (χ1n) is 8.25. The Morgan fingerprint density at radius 2 is 2.00 bits per heavy atom. The fraction of sp³-hybridized carbons (Fsp3) is 0.278. The number of anilines is 1. The number of urea groups is 1. The van der Waals surface area contributed by atoms with Gasteiger partial charge in [-0.15, -0.1) is 0 Å². The molecule has 0 aliphatic carbocycles. The summed E-state index contributed by atoms with van der Waals surface area (Å²) < 4.78 is 5.71. The van der Waals surface area contributed by atoms with Crippen molar-refractivity contribution in [2.75, 3.05) is 11.9 Å². The summed E-state index contributed by atoms with van der Waals surface area (Å²) in [5.41, 5.74) is 0.429. The number of nitrogens with one attached hydrogen (secondary N) is 3. The highest BCUT2D eigenvalue weighted by atomic mass is 16.5. The molecule has 1 aromatic carbocycles. The van der Waals surface area contributed by atoms with E-state index in [1.807, 2.05) is 18.2 Å². The van der Waals surface area contributed by atoms with Gasteiger partial charge in [0.2, 0.25) is 11.8 Å². The Kier molecular flexibility index (Phi) is 5.46. The Bertz CT molecular complexity index is 736. The Hall–Kier alpha value is -3.09. The molecule has 0 saturated carbocycles. The number of hydrogen-bond acceptors (Lipinski definition) is 4. The number of nitrogens with zero attached hydrogens (tertiary/aromatic N) is 1. The van der Waals surface area contributed by atoms with Gasteiger partial charge in [0.05, 0.1) is 0 Å². The summed E-state index contributed by atoms with van der Waals surface area (Å²) in [6.45, 7) is 0.649. The van der Waals surface area contributed by atoms with Crippen molar-refractivity contribution < 1.29 is 14.3 Å². The summed E-state index contributed by atoms with van der Waals surface area (Å²) in [7, 11) is 0. The summed E-state index contributed by atoms with van der Waals surface area (Å²) in [6.07, 6.45) is 4.02. The molecule has 1 aromatic heterocycles. The van der Waals surface area contributed by atoms with Gasteiger partial charge in [-0.25, -0.2) is 9.78 Å². The molecule has 2 heterocycles. The molecule has 1 saturated heterocycles. The van der Waals surface area contributed by atoms with E-state index in [2.05, 4.69) is 20.9 Å². The molecule has 0 unspecified atom stereocenters. The molecule has 3 N–H and O–H groups in total. The van der Waals surface area contributed by atoms with Crippen LogP contribution in [0.1, 0.15) is 19.3 Å². The number of aromatic nitrogens is 1. The lowest BCUT2D eigenvalue weighted by Gasteiger charge is -2.16. The molecule has 3 amide bonds. The molecule has 3 rings (SSSR count). The summed E-state index contributed by atoms with van der Waals surface area (Å²) in [5, 5.41) is 8.19. The zero-order valence-electron chi connectivity index (χ0n) is 13.7. The number of para-hydroxylation sites is 1. The van der Waals surface area contributed by atoms with Crippen molar-refractivity contribution in [3.05, 3.63) is 48.7 Å². The van der Waals surface area contributed by atoms with E-state index in [9.17, 15) is 9.59 Å². The van der Waals surface area contributed by atoms with Crippen molar-refractivity contribution in [1.29, 1.82) is 0 Å². The summed E-state index contributed by atoms with van der Waals surface area (Å²) in [6, 6.07) is 11.6. The van der Waals surface area contributed by atoms with Gasteiger partial charge in [0.15, 0.2) is 0 Å². The van der Waals surface area contributed by atoms with Gasteiger partial charge >= 0.3 is 6.03 Å². The number of ether oxygens (including phenoxy) is 1. The van der Waals surface area contributed by atoms with Crippen molar-refractivity contribution in [3.8, 4) is 11.6 Å². The third-order valence-corrected chi connectivity index (χ3v) is 3.82. The van der Waals surface area contributed by atoms with Crippen LogP contribution in [0.3, 0.4) is 0 Å². The highest BCUT2D eigenvalue weighted by Gasteiger charge is 2.22. The minimum atomic E-state index is -0.530. The molecule has 7 heteroatoms. The lowest BCUT2D eigenvalue weighted by atomic mass is 10.1. The van der Waals surface area contributed by atoms with E-state index in [0.717, 1.165) is 12.8 Å². The average molecular weight is 340 g/mol. The Balaban J connectivity index is 1.66. The standard InChI is InChI=1S/C18H20N4O3/c23-16-14(9-4-5-11-19-16)21-18(24)22-15-10-6-12-20-17(15)25-13-7-2-1-3-8-13/h1-3,6-8,10,12,14H,4-5,9,11H2,(H,19,23)(H2,21,22,24)/t14-/m1/s1. The summed E-state index contributed by atoms with van der Waals surface area (Å²) >= 11 is 0. The SMILES string of the molecule is O=C(Nc1cccnc1Oc1ccccc1)N[C@@H]1CCCCNC1=O. The van der Waals surface area contributed by atoms with Crippen LogP contribution >= 0.6 is 0 Å². The molecular weight excluding hydrogens is 320 g/mol. The second-order valence-corrected chi connectivity index (χ2v) is 5.71. The molecule has 1 aliphatic heterocycles. The molecule has 1 atom stereocenters. The molecule has 2 aromatic rings. The second-order valence-electron chi connectivity index (χ2n) is 5.71. The number of carbonyl (C=O) groups excluding carboxylic acids is 2. The van der Waals surface area contributed by atoms with Gasteiger partial charge in [0.1, 0.15) is 17.5 Å². The van der Waals surface area contributed by atoms with E-state index < -0.39 is 12.1 Å². The van der Waals surface area contributed by atoms with Gasteiger partial charge in [-0.3, -0.25) is 4.79 Å². The predicted molar refractivity (Wildman–Crippen MR) is 93.6 cm³/mol. The molecule has 0 spiro atoms. The van der Waals surface area contributed by atoms with Gasteiger partial charge in [0, 0.05) is 12.7 Å². The summed E-state index contributed by atoms with van der Waals surface area (Å²) in [5.74, 6) is 0.751. The fourth-order valence-electron chi connectivity index (χ4n) is 2.56. The van der Waals surface area contributed by atoms with Gasteiger partial charge in [-0.05, 0) is 43.5 Å². The molecule has 7 nitrogen and oxygen atoms in total. The zero-order chi connectivity index (χ0) is 17.5. The molecular formula is C18H20N4O3. The number of benzene rings is 1. The lowest BCUT2D eigenvalue weighted by Crippen LogP contribution is -2.47. The van der Waals surface area contributed by atoms with Gasteiger partial charge in [-0.1, -0.05) is 18.2 Å². The number of rotatable bonds is 4. The maximum absolute atomic E-state index is 12.3. The first-order valence-corrected chi connectivity index (χ1v) is 8.25. The summed E-state index contributed by atoms with van der Waals surface area (Å²) in [4.78, 5) is 28.3. The van der Waals surface area contributed by atoms with Crippen molar-refractivity contribution in [3.63, 3.8) is 0 Å². The molecule has 25 heavy (non-hydrogen) atoms. The van der Waals surface area contributed by atoms with Crippen LogP contribution in [-0.2, 0) is 4.79 Å². The minimum Gasteiger partial charge on any atom is -0.437 e. The normalized spacial score (nSPS) is 17.1. The van der Waals surface area contributed by atoms with Crippen molar-refractivity contribution in [2.24, 2.45) is 0 Å². The number of hydrogen-bond donors (Lipinski definition) is 3. The van der Waals surface area contributed by atoms with Crippen molar-refractivity contribution in [1.82, 2.24) is 15.6 Å². The van der Waals surface area contributed by atoms with E-state index in [-0.39, 0.29) is 11.8 Å². The fourth-order valence-corrected chi connectivity index (χ4v) is 2.56. The topological polar surface area (TPSA) is 92.3 Å². The minimum absolute atomic E-state index is 0.153. The predicted octanol–water partition coefficient (Wildman–Crippen LogP) is 2.66. The molecule has 0 bridgehead atoms. The molecule has 0 radical (unpaired) electrons. The van der Waals surface area contributed by atoms with Crippen molar-refractivity contribution >= 4 is 17.6 Å². The smallest absolute Gasteiger partial charge is 0.320 e. The van der Waals surface area contributed by atoms with Crippen LogP contribution in [-0.4, -0.2) is 29.5 Å². The average Bonchev–Trinajstić information content (AvgIpc) is 2.82. The maximum atomic E-state index is 12.3. The Morgan fingerprint density at radius 1 is 1.16 bits per heavy atom. The van der Waals surface area contributed by atoms with Crippen LogP contribution < -0.4 is 20.7 Å². The van der Waals surface area contributed by atoms with Gasteiger partial charge in [-0.2, -0.15) is 0 Å². The molecule has 130 valence electrons. The van der Waals surface area contributed by atoms with Crippen molar-refractivity contribution in [2.45, 2.75) is 25.3 Å². The first-order chi connectivity index (χ1) is 12.2. The van der Waals surface area contributed by atoms with E-state index >= 15 is 0 Å². The van der Waals surface area contributed by atoms with Crippen LogP contribution in [0.4, 0.5) is 10.5 Å². The molecule has 1 fully saturated rings. The first kappa shape index (κ1) is 16.8.